The number of aliphatic hydroxyl groups excluding tert-OH is 1. The zero-order valence-corrected chi connectivity index (χ0v) is 11.9. The molecule has 7 nitrogen and oxygen atoms in total. The van der Waals surface area contributed by atoms with Crippen molar-refractivity contribution in [3.8, 4) is 6.01 Å². The molecule has 0 spiro atoms. The lowest BCUT2D eigenvalue weighted by Gasteiger charge is -2.19. The molecule has 1 saturated heterocycles. The summed E-state index contributed by atoms with van der Waals surface area (Å²) in [7, 11) is 1.55. The highest BCUT2D eigenvalue weighted by molar-refractivity contribution is 5.40. The second kappa shape index (κ2) is 5.40. The summed E-state index contributed by atoms with van der Waals surface area (Å²) in [4.78, 5) is 15.1. The number of hydrogen-bond acceptors (Lipinski definition) is 7. The molecule has 0 radical (unpaired) electrons. The molecule has 1 aromatic rings. The second-order valence-corrected chi connectivity index (χ2v) is 5.45. The van der Waals surface area contributed by atoms with Gasteiger partial charge in [-0.05, 0) is 25.7 Å². The average Bonchev–Trinajstić information content (AvgIpc) is 3.01. The molecule has 1 saturated carbocycles. The molecule has 2 N–H and O–H groups in total. The number of nitrogens with zero attached hydrogens (tertiary/aromatic N) is 4. The monoisotopic (exact) mass is 279 g/mol. The van der Waals surface area contributed by atoms with Gasteiger partial charge in [-0.3, -0.25) is 0 Å². The summed E-state index contributed by atoms with van der Waals surface area (Å²) in [6.45, 7) is 4.45. The van der Waals surface area contributed by atoms with E-state index in [2.05, 4.69) is 25.2 Å². The number of hydrogen-bond donors (Lipinski definition) is 2. The molecule has 2 fully saturated rings. The van der Waals surface area contributed by atoms with Crippen LogP contribution < -0.4 is 15.0 Å². The van der Waals surface area contributed by atoms with Gasteiger partial charge >= 0.3 is 6.01 Å². The van der Waals surface area contributed by atoms with Gasteiger partial charge in [-0.2, -0.15) is 15.0 Å². The maximum atomic E-state index is 9.99. The van der Waals surface area contributed by atoms with Gasteiger partial charge in [0.05, 0.1) is 13.2 Å². The lowest BCUT2D eigenvalue weighted by molar-refractivity contribution is 0.133. The lowest BCUT2D eigenvalue weighted by atomic mass is 10.00. The number of ether oxygens (including phenoxy) is 1. The van der Waals surface area contributed by atoms with E-state index in [0.29, 0.717) is 29.7 Å². The van der Waals surface area contributed by atoms with Crippen LogP contribution in [0.1, 0.15) is 19.8 Å². The van der Waals surface area contributed by atoms with E-state index in [4.69, 9.17) is 4.74 Å². The zero-order valence-electron chi connectivity index (χ0n) is 11.9. The molecule has 3 unspecified atom stereocenters. The second-order valence-electron chi connectivity index (χ2n) is 5.45. The van der Waals surface area contributed by atoms with Crippen molar-refractivity contribution in [2.45, 2.75) is 25.9 Å². The third-order valence-corrected chi connectivity index (χ3v) is 4.22. The van der Waals surface area contributed by atoms with Crippen LogP contribution in [-0.4, -0.2) is 52.9 Å². The van der Waals surface area contributed by atoms with Crippen LogP contribution in [0.4, 0.5) is 11.9 Å². The Bertz CT molecular complexity index is 484. The molecule has 20 heavy (non-hydrogen) atoms. The Morgan fingerprint density at radius 1 is 1.30 bits per heavy atom. The van der Waals surface area contributed by atoms with Gasteiger partial charge in [0.2, 0.25) is 11.9 Å². The largest absolute Gasteiger partial charge is 0.467 e. The first-order chi connectivity index (χ1) is 9.71. The normalized spacial score (nSPS) is 28.6. The van der Waals surface area contributed by atoms with Gasteiger partial charge in [0.25, 0.3) is 0 Å². The standard InChI is InChI=1S/C13H21N5O2/c1-3-14-11-15-12(17-13(16-11)20-2)18-6-8-4-5-10(19)9(8)7-18/h8-10,19H,3-7H2,1-2H3,(H,14,15,16,17). The Kier molecular flexibility index (Phi) is 3.60. The maximum Gasteiger partial charge on any atom is 0.322 e. The average molecular weight is 279 g/mol. The SMILES string of the molecule is CCNc1nc(OC)nc(N2CC3CCC(O)C3C2)n1. The molecule has 0 bridgehead atoms. The molecule has 3 atom stereocenters. The van der Waals surface area contributed by atoms with Crippen LogP contribution in [0.3, 0.4) is 0 Å². The van der Waals surface area contributed by atoms with E-state index in [9.17, 15) is 5.11 Å². The van der Waals surface area contributed by atoms with Crippen molar-refractivity contribution in [1.29, 1.82) is 0 Å². The molecule has 1 aromatic heterocycles. The molecule has 2 heterocycles. The van der Waals surface area contributed by atoms with Crippen molar-refractivity contribution in [3.63, 3.8) is 0 Å². The molecule has 7 heteroatoms. The summed E-state index contributed by atoms with van der Waals surface area (Å²) in [5.41, 5.74) is 0. The lowest BCUT2D eigenvalue weighted by Crippen LogP contribution is -2.26. The molecule has 1 aliphatic carbocycles. The molecular weight excluding hydrogens is 258 g/mol. The third kappa shape index (κ3) is 2.37. The van der Waals surface area contributed by atoms with E-state index in [-0.39, 0.29) is 6.10 Å². The number of anilines is 2. The van der Waals surface area contributed by atoms with Gasteiger partial charge in [0.1, 0.15) is 0 Å². The van der Waals surface area contributed by atoms with Crippen molar-refractivity contribution in [3.05, 3.63) is 0 Å². The Balaban J connectivity index is 1.81. The van der Waals surface area contributed by atoms with Gasteiger partial charge in [-0.15, -0.1) is 0 Å². The Morgan fingerprint density at radius 2 is 2.15 bits per heavy atom. The first-order valence-corrected chi connectivity index (χ1v) is 7.18. The van der Waals surface area contributed by atoms with Crippen LogP contribution in [0.5, 0.6) is 6.01 Å². The number of nitrogens with one attached hydrogen (secondary N) is 1. The molecule has 0 amide bonds. The zero-order chi connectivity index (χ0) is 14.1. The third-order valence-electron chi connectivity index (χ3n) is 4.22. The topological polar surface area (TPSA) is 83.4 Å². The van der Waals surface area contributed by atoms with Gasteiger partial charge < -0.3 is 20.1 Å². The molecule has 3 rings (SSSR count). The van der Waals surface area contributed by atoms with Crippen LogP contribution in [0.2, 0.25) is 0 Å². The van der Waals surface area contributed by atoms with Crippen molar-refractivity contribution < 1.29 is 9.84 Å². The number of rotatable bonds is 4. The number of aromatic nitrogens is 3. The molecule has 0 aromatic carbocycles. The highest BCUT2D eigenvalue weighted by atomic mass is 16.5. The number of aliphatic hydroxyl groups is 1. The fourth-order valence-corrected chi connectivity index (χ4v) is 3.22. The predicted octanol–water partition coefficient (Wildman–Crippen LogP) is 0.519. The first kappa shape index (κ1) is 13.4. The highest BCUT2D eigenvalue weighted by Crippen LogP contribution is 2.39. The van der Waals surface area contributed by atoms with E-state index >= 15 is 0 Å². The summed E-state index contributed by atoms with van der Waals surface area (Å²) in [6.07, 6.45) is 1.83. The fourth-order valence-electron chi connectivity index (χ4n) is 3.22. The molecule has 110 valence electrons. The molecule has 1 aliphatic heterocycles. The van der Waals surface area contributed by atoms with E-state index in [0.717, 1.165) is 32.5 Å². The van der Waals surface area contributed by atoms with Crippen LogP contribution in [0, 0.1) is 11.8 Å². The van der Waals surface area contributed by atoms with Crippen molar-refractivity contribution >= 4 is 11.9 Å². The maximum absolute atomic E-state index is 9.99. The van der Waals surface area contributed by atoms with Crippen LogP contribution >= 0.6 is 0 Å². The minimum absolute atomic E-state index is 0.179. The Labute approximate surface area is 118 Å². The van der Waals surface area contributed by atoms with Gasteiger partial charge in [-0.1, -0.05) is 0 Å². The summed E-state index contributed by atoms with van der Waals surface area (Å²) in [5.74, 6) is 2.07. The minimum atomic E-state index is -0.179. The van der Waals surface area contributed by atoms with Crippen molar-refractivity contribution in [2.75, 3.05) is 37.0 Å². The minimum Gasteiger partial charge on any atom is -0.467 e. The molecule has 2 aliphatic rings. The van der Waals surface area contributed by atoms with Crippen LogP contribution in [0.15, 0.2) is 0 Å². The highest BCUT2D eigenvalue weighted by Gasteiger charge is 2.42. The van der Waals surface area contributed by atoms with E-state index in [1.807, 2.05) is 6.92 Å². The molecular formula is C13H21N5O2. The van der Waals surface area contributed by atoms with Crippen molar-refractivity contribution in [1.82, 2.24) is 15.0 Å². The van der Waals surface area contributed by atoms with E-state index in [1.54, 1.807) is 7.11 Å². The Hall–Kier alpha value is -1.63. The first-order valence-electron chi connectivity index (χ1n) is 7.18. The number of fused-ring (bicyclic) bond motifs is 1. The van der Waals surface area contributed by atoms with E-state index < -0.39 is 0 Å². The summed E-state index contributed by atoms with van der Waals surface area (Å²) >= 11 is 0. The summed E-state index contributed by atoms with van der Waals surface area (Å²) in [6, 6.07) is 0.323. The smallest absolute Gasteiger partial charge is 0.322 e. The summed E-state index contributed by atoms with van der Waals surface area (Å²) < 4.78 is 5.14. The van der Waals surface area contributed by atoms with Crippen LogP contribution in [-0.2, 0) is 0 Å². The van der Waals surface area contributed by atoms with Crippen LogP contribution in [0.25, 0.3) is 0 Å². The van der Waals surface area contributed by atoms with Gasteiger partial charge in [-0.25, -0.2) is 0 Å². The number of methoxy groups -OCH3 is 1. The Morgan fingerprint density at radius 3 is 2.85 bits per heavy atom. The fraction of sp³-hybridized carbons (Fsp3) is 0.769. The quantitative estimate of drug-likeness (QED) is 0.831. The van der Waals surface area contributed by atoms with Gasteiger partial charge in [0.15, 0.2) is 0 Å². The van der Waals surface area contributed by atoms with E-state index in [1.165, 1.54) is 0 Å². The summed E-state index contributed by atoms with van der Waals surface area (Å²) in [5, 5.41) is 13.1. The van der Waals surface area contributed by atoms with Gasteiger partial charge in [0, 0.05) is 25.6 Å². The predicted molar refractivity (Wildman–Crippen MR) is 75.0 cm³/mol. The van der Waals surface area contributed by atoms with Crippen molar-refractivity contribution in [2.24, 2.45) is 11.8 Å².